The number of hydrogen-bond acceptors (Lipinski definition) is 3. The summed E-state index contributed by atoms with van der Waals surface area (Å²) in [4.78, 5) is 2.45. The van der Waals surface area contributed by atoms with Crippen LogP contribution >= 0.6 is 0 Å². The molecule has 1 aliphatic rings. The van der Waals surface area contributed by atoms with Gasteiger partial charge in [-0.1, -0.05) is 13.8 Å². The minimum atomic E-state index is 0.336. The van der Waals surface area contributed by atoms with Gasteiger partial charge in [-0.25, -0.2) is 0 Å². The Hall–Kier alpha value is -0.120. The molecule has 1 heterocycles. The van der Waals surface area contributed by atoms with Crippen LogP contribution in [-0.4, -0.2) is 50.8 Å². The van der Waals surface area contributed by atoms with Gasteiger partial charge in [-0.15, -0.1) is 0 Å². The van der Waals surface area contributed by atoms with Crippen molar-refractivity contribution in [2.24, 2.45) is 5.41 Å². The predicted molar refractivity (Wildman–Crippen MR) is 73.4 cm³/mol. The van der Waals surface area contributed by atoms with Gasteiger partial charge in [0.1, 0.15) is 0 Å². The van der Waals surface area contributed by atoms with E-state index in [2.05, 4.69) is 38.0 Å². The normalized spacial score (nSPS) is 27.4. The van der Waals surface area contributed by atoms with Gasteiger partial charge in [0, 0.05) is 32.3 Å². The first-order valence-electron chi connectivity index (χ1n) is 6.87. The smallest absolute Gasteiger partial charge is 0.0467 e. The minimum Gasteiger partial charge on any atom is -0.385 e. The topological polar surface area (TPSA) is 24.5 Å². The summed E-state index contributed by atoms with van der Waals surface area (Å²) in [5.41, 5.74) is 0.336. The van der Waals surface area contributed by atoms with Crippen LogP contribution in [0.15, 0.2) is 0 Å². The number of ether oxygens (including phenoxy) is 1. The van der Waals surface area contributed by atoms with E-state index in [1.807, 2.05) is 0 Å². The highest BCUT2D eigenvalue weighted by atomic mass is 16.5. The van der Waals surface area contributed by atoms with Gasteiger partial charge in [-0.05, 0) is 45.2 Å². The fourth-order valence-corrected chi connectivity index (χ4v) is 2.36. The van der Waals surface area contributed by atoms with Gasteiger partial charge in [-0.2, -0.15) is 0 Å². The van der Waals surface area contributed by atoms with Gasteiger partial charge in [0.15, 0.2) is 0 Å². The Morgan fingerprint density at radius 1 is 1.41 bits per heavy atom. The monoisotopic (exact) mass is 242 g/mol. The Morgan fingerprint density at radius 3 is 2.71 bits per heavy atom. The van der Waals surface area contributed by atoms with Gasteiger partial charge >= 0.3 is 0 Å². The van der Waals surface area contributed by atoms with Crippen LogP contribution in [0.1, 0.15) is 40.0 Å². The highest BCUT2D eigenvalue weighted by Gasteiger charge is 2.24. The van der Waals surface area contributed by atoms with E-state index in [-0.39, 0.29) is 0 Å². The van der Waals surface area contributed by atoms with Crippen LogP contribution in [0, 0.1) is 5.41 Å². The Kier molecular flexibility index (Phi) is 5.90. The second-order valence-electron chi connectivity index (χ2n) is 6.34. The molecule has 1 aliphatic heterocycles. The highest BCUT2D eigenvalue weighted by Crippen LogP contribution is 2.21. The summed E-state index contributed by atoms with van der Waals surface area (Å²) in [6.07, 6.45) is 3.68. The van der Waals surface area contributed by atoms with Crippen molar-refractivity contribution in [3.05, 3.63) is 0 Å². The van der Waals surface area contributed by atoms with Crippen molar-refractivity contribution in [3.63, 3.8) is 0 Å². The third-order valence-electron chi connectivity index (χ3n) is 4.06. The fourth-order valence-electron chi connectivity index (χ4n) is 2.36. The molecule has 3 heteroatoms. The van der Waals surface area contributed by atoms with Crippen LogP contribution in [-0.2, 0) is 4.74 Å². The first kappa shape index (κ1) is 14.9. The number of hydrogen-bond donors (Lipinski definition) is 1. The van der Waals surface area contributed by atoms with Gasteiger partial charge in [0.05, 0.1) is 0 Å². The molecule has 0 aromatic rings. The van der Waals surface area contributed by atoms with E-state index >= 15 is 0 Å². The average molecular weight is 242 g/mol. The summed E-state index contributed by atoms with van der Waals surface area (Å²) in [7, 11) is 4.01. The lowest BCUT2D eigenvalue weighted by Gasteiger charge is -2.37. The SMILES string of the molecule is COCCC(C)(C)CNC1CCN(C)C(C)C1. The van der Waals surface area contributed by atoms with E-state index in [1.165, 1.54) is 19.4 Å². The van der Waals surface area contributed by atoms with Crippen LogP contribution in [0.25, 0.3) is 0 Å². The summed E-state index contributed by atoms with van der Waals surface area (Å²) in [6, 6.07) is 1.41. The number of rotatable bonds is 6. The second-order valence-corrected chi connectivity index (χ2v) is 6.34. The second kappa shape index (κ2) is 6.72. The molecule has 1 saturated heterocycles. The molecular weight excluding hydrogens is 212 g/mol. The molecule has 0 aliphatic carbocycles. The fraction of sp³-hybridized carbons (Fsp3) is 1.00. The zero-order chi connectivity index (χ0) is 12.9. The third-order valence-corrected chi connectivity index (χ3v) is 4.06. The molecule has 0 spiro atoms. The Balaban J connectivity index is 2.26. The number of nitrogens with zero attached hydrogens (tertiary/aromatic N) is 1. The lowest BCUT2D eigenvalue weighted by Crippen LogP contribution is -2.47. The van der Waals surface area contributed by atoms with Crippen LogP contribution in [0.4, 0.5) is 0 Å². The van der Waals surface area contributed by atoms with Crippen molar-refractivity contribution in [2.45, 2.75) is 52.1 Å². The summed E-state index contributed by atoms with van der Waals surface area (Å²) < 4.78 is 5.17. The predicted octanol–water partition coefficient (Wildman–Crippen LogP) is 2.12. The summed E-state index contributed by atoms with van der Waals surface area (Å²) in [6.45, 7) is 10.1. The molecular formula is C14H30N2O. The van der Waals surface area contributed by atoms with Crippen molar-refractivity contribution in [1.82, 2.24) is 10.2 Å². The number of nitrogens with one attached hydrogen (secondary N) is 1. The van der Waals surface area contributed by atoms with E-state index in [0.29, 0.717) is 17.5 Å². The maximum atomic E-state index is 5.17. The molecule has 2 atom stereocenters. The van der Waals surface area contributed by atoms with Crippen molar-refractivity contribution < 1.29 is 4.74 Å². The molecule has 0 aromatic carbocycles. The van der Waals surface area contributed by atoms with E-state index < -0.39 is 0 Å². The molecule has 0 radical (unpaired) electrons. The molecule has 1 rings (SSSR count). The summed E-state index contributed by atoms with van der Waals surface area (Å²) in [5.74, 6) is 0. The van der Waals surface area contributed by atoms with Gasteiger partial charge in [0.2, 0.25) is 0 Å². The standard InChI is InChI=1S/C14H30N2O/c1-12-10-13(6-8-16(12)4)15-11-14(2,3)7-9-17-5/h12-13,15H,6-11H2,1-5H3. The van der Waals surface area contributed by atoms with Crippen molar-refractivity contribution in [3.8, 4) is 0 Å². The number of methoxy groups -OCH3 is 1. The Bertz CT molecular complexity index is 218. The summed E-state index contributed by atoms with van der Waals surface area (Å²) >= 11 is 0. The van der Waals surface area contributed by atoms with Crippen molar-refractivity contribution in [2.75, 3.05) is 33.9 Å². The zero-order valence-electron chi connectivity index (χ0n) is 12.3. The molecule has 3 nitrogen and oxygen atoms in total. The van der Waals surface area contributed by atoms with Crippen LogP contribution in [0.2, 0.25) is 0 Å². The molecule has 1 N–H and O–H groups in total. The van der Waals surface area contributed by atoms with Crippen molar-refractivity contribution >= 4 is 0 Å². The van der Waals surface area contributed by atoms with Gasteiger partial charge in [-0.3, -0.25) is 0 Å². The van der Waals surface area contributed by atoms with Crippen LogP contribution < -0.4 is 5.32 Å². The Labute approximate surface area is 107 Å². The maximum absolute atomic E-state index is 5.17. The molecule has 0 saturated carbocycles. The van der Waals surface area contributed by atoms with E-state index in [9.17, 15) is 0 Å². The largest absolute Gasteiger partial charge is 0.385 e. The molecule has 0 aromatic heterocycles. The van der Waals surface area contributed by atoms with E-state index in [4.69, 9.17) is 4.74 Å². The first-order chi connectivity index (χ1) is 7.94. The molecule has 1 fully saturated rings. The van der Waals surface area contributed by atoms with Crippen LogP contribution in [0.3, 0.4) is 0 Å². The minimum absolute atomic E-state index is 0.336. The molecule has 0 bridgehead atoms. The zero-order valence-corrected chi connectivity index (χ0v) is 12.3. The third kappa shape index (κ3) is 5.36. The number of likely N-dealkylation sites (tertiary alicyclic amines) is 1. The molecule has 2 unspecified atom stereocenters. The highest BCUT2D eigenvalue weighted by molar-refractivity contribution is 4.83. The number of piperidine rings is 1. The van der Waals surface area contributed by atoms with Gasteiger partial charge < -0.3 is 15.0 Å². The van der Waals surface area contributed by atoms with Crippen molar-refractivity contribution in [1.29, 1.82) is 0 Å². The molecule has 0 amide bonds. The molecule has 102 valence electrons. The quantitative estimate of drug-likeness (QED) is 0.772. The summed E-state index contributed by atoms with van der Waals surface area (Å²) in [5, 5.41) is 3.74. The van der Waals surface area contributed by atoms with E-state index in [1.54, 1.807) is 7.11 Å². The first-order valence-corrected chi connectivity index (χ1v) is 6.87. The van der Waals surface area contributed by atoms with Gasteiger partial charge in [0.25, 0.3) is 0 Å². The lowest BCUT2D eigenvalue weighted by molar-refractivity contribution is 0.135. The van der Waals surface area contributed by atoms with E-state index in [0.717, 1.165) is 19.6 Å². The lowest BCUT2D eigenvalue weighted by atomic mass is 9.88. The average Bonchev–Trinajstić information content (AvgIpc) is 2.28. The maximum Gasteiger partial charge on any atom is 0.0467 e. The Morgan fingerprint density at radius 2 is 2.12 bits per heavy atom. The van der Waals surface area contributed by atoms with Crippen LogP contribution in [0.5, 0.6) is 0 Å². The molecule has 17 heavy (non-hydrogen) atoms.